The molecule has 0 saturated carbocycles. The van der Waals surface area contributed by atoms with Crippen molar-refractivity contribution >= 4 is 5.69 Å². The number of para-hydroxylation sites is 2. The summed E-state index contributed by atoms with van der Waals surface area (Å²) in [5.41, 5.74) is 3.78. The van der Waals surface area contributed by atoms with Gasteiger partial charge in [-0.05, 0) is 36.1 Å². The van der Waals surface area contributed by atoms with Crippen molar-refractivity contribution in [1.29, 1.82) is 0 Å². The number of aromatic hydroxyl groups is 1. The van der Waals surface area contributed by atoms with Crippen LogP contribution in [0.4, 0.5) is 5.69 Å². The van der Waals surface area contributed by atoms with E-state index in [0.717, 1.165) is 18.5 Å². The number of anilines is 1. The van der Waals surface area contributed by atoms with Crippen molar-refractivity contribution in [2.75, 3.05) is 11.9 Å². The molecule has 1 aliphatic rings. The van der Waals surface area contributed by atoms with E-state index in [9.17, 15) is 5.11 Å². The fourth-order valence-corrected chi connectivity index (χ4v) is 2.77. The first kappa shape index (κ1) is 11.1. The summed E-state index contributed by atoms with van der Waals surface area (Å²) in [4.78, 5) is 2.19. The molecule has 0 spiro atoms. The van der Waals surface area contributed by atoms with Gasteiger partial charge in [0.25, 0.3) is 0 Å². The second-order valence-corrected chi connectivity index (χ2v) is 4.93. The van der Waals surface area contributed by atoms with Gasteiger partial charge in [0.1, 0.15) is 5.75 Å². The Bertz CT molecular complexity index is 540. The van der Waals surface area contributed by atoms with Crippen LogP contribution < -0.4 is 4.90 Å². The third-order valence-electron chi connectivity index (χ3n) is 3.84. The molecular weight excluding hydrogens is 222 g/mol. The largest absolute Gasteiger partial charge is 0.506 e. The summed E-state index contributed by atoms with van der Waals surface area (Å²) < 4.78 is 0. The highest BCUT2D eigenvalue weighted by Gasteiger charge is 2.25. The quantitative estimate of drug-likeness (QED) is 0.871. The van der Waals surface area contributed by atoms with Gasteiger partial charge in [-0.1, -0.05) is 36.4 Å². The van der Waals surface area contributed by atoms with Crippen molar-refractivity contribution in [2.24, 2.45) is 0 Å². The van der Waals surface area contributed by atoms with E-state index in [4.69, 9.17) is 0 Å². The van der Waals surface area contributed by atoms with Gasteiger partial charge in [-0.3, -0.25) is 0 Å². The summed E-state index contributed by atoms with van der Waals surface area (Å²) in [6.07, 6.45) is 2.11. The maximum absolute atomic E-state index is 9.92. The smallest absolute Gasteiger partial charge is 0.138 e. The standard InChI is InChI=1S/C16H17NO/c1-17(15-8-4-5-9-16(15)18)14-10-12-6-2-3-7-13(12)11-14/h2-9,14,18H,10-11H2,1H3. The lowest BCUT2D eigenvalue weighted by molar-refractivity contribution is 0.472. The number of hydrogen-bond acceptors (Lipinski definition) is 2. The Morgan fingerprint density at radius 1 is 0.944 bits per heavy atom. The van der Waals surface area contributed by atoms with E-state index in [0.29, 0.717) is 11.8 Å². The van der Waals surface area contributed by atoms with Gasteiger partial charge in [0.2, 0.25) is 0 Å². The van der Waals surface area contributed by atoms with Crippen LogP contribution in [-0.4, -0.2) is 18.2 Å². The molecule has 92 valence electrons. The Balaban J connectivity index is 1.85. The molecule has 0 heterocycles. The predicted molar refractivity (Wildman–Crippen MR) is 74.1 cm³/mol. The first-order valence-electron chi connectivity index (χ1n) is 6.33. The lowest BCUT2D eigenvalue weighted by atomic mass is 10.1. The zero-order valence-corrected chi connectivity index (χ0v) is 10.5. The maximum atomic E-state index is 9.92. The van der Waals surface area contributed by atoms with Crippen LogP contribution in [0, 0.1) is 0 Å². The van der Waals surface area contributed by atoms with Crippen LogP contribution in [0.2, 0.25) is 0 Å². The molecule has 0 radical (unpaired) electrons. The molecule has 3 rings (SSSR count). The zero-order chi connectivity index (χ0) is 12.5. The Kier molecular flexibility index (Phi) is 2.71. The lowest BCUT2D eigenvalue weighted by Gasteiger charge is -2.27. The highest BCUT2D eigenvalue weighted by Crippen LogP contribution is 2.32. The van der Waals surface area contributed by atoms with Crippen LogP contribution in [0.5, 0.6) is 5.75 Å². The number of benzene rings is 2. The molecule has 0 fully saturated rings. The van der Waals surface area contributed by atoms with Crippen LogP contribution in [0.1, 0.15) is 11.1 Å². The third kappa shape index (κ3) is 1.84. The van der Waals surface area contributed by atoms with Crippen molar-refractivity contribution in [3.05, 3.63) is 59.7 Å². The number of fused-ring (bicyclic) bond motifs is 1. The minimum Gasteiger partial charge on any atom is -0.506 e. The van der Waals surface area contributed by atoms with Crippen LogP contribution in [0.15, 0.2) is 48.5 Å². The number of nitrogens with zero attached hydrogens (tertiary/aromatic N) is 1. The Morgan fingerprint density at radius 3 is 2.11 bits per heavy atom. The molecule has 0 saturated heterocycles. The molecule has 0 aliphatic heterocycles. The van der Waals surface area contributed by atoms with Crippen LogP contribution in [0.25, 0.3) is 0 Å². The summed E-state index contributed by atoms with van der Waals surface area (Å²) in [6.45, 7) is 0. The van der Waals surface area contributed by atoms with Crippen LogP contribution in [-0.2, 0) is 12.8 Å². The van der Waals surface area contributed by atoms with Gasteiger partial charge < -0.3 is 10.0 Å². The van der Waals surface area contributed by atoms with Gasteiger partial charge in [-0.15, -0.1) is 0 Å². The van der Waals surface area contributed by atoms with Gasteiger partial charge >= 0.3 is 0 Å². The molecule has 0 bridgehead atoms. The number of hydrogen-bond donors (Lipinski definition) is 1. The molecule has 2 nitrogen and oxygen atoms in total. The highest BCUT2D eigenvalue weighted by molar-refractivity contribution is 5.58. The Labute approximate surface area is 107 Å². The normalized spacial score (nSPS) is 14.5. The minimum absolute atomic E-state index is 0.357. The van der Waals surface area contributed by atoms with E-state index in [2.05, 4.69) is 36.2 Å². The molecule has 0 aromatic heterocycles. The van der Waals surface area contributed by atoms with Crippen LogP contribution in [0.3, 0.4) is 0 Å². The molecule has 2 aromatic carbocycles. The molecule has 2 aromatic rings. The molecule has 1 N–H and O–H groups in total. The van der Waals surface area contributed by atoms with E-state index < -0.39 is 0 Å². The molecule has 0 amide bonds. The average Bonchev–Trinajstić information content (AvgIpc) is 2.82. The number of rotatable bonds is 2. The molecule has 0 atom stereocenters. The number of phenols is 1. The topological polar surface area (TPSA) is 23.5 Å². The van der Waals surface area contributed by atoms with Crippen molar-refractivity contribution < 1.29 is 5.11 Å². The van der Waals surface area contributed by atoms with Gasteiger partial charge in [0, 0.05) is 13.1 Å². The van der Waals surface area contributed by atoms with E-state index in [1.165, 1.54) is 11.1 Å². The summed E-state index contributed by atoms with van der Waals surface area (Å²) in [5, 5.41) is 9.92. The average molecular weight is 239 g/mol. The lowest BCUT2D eigenvalue weighted by Crippen LogP contribution is -2.32. The fourth-order valence-electron chi connectivity index (χ4n) is 2.77. The van der Waals surface area contributed by atoms with E-state index >= 15 is 0 Å². The molecule has 2 heteroatoms. The summed E-state index contributed by atoms with van der Waals surface area (Å²) in [5.74, 6) is 0.357. The molecule has 0 unspecified atom stereocenters. The van der Waals surface area contributed by atoms with E-state index in [1.807, 2.05) is 18.2 Å². The maximum Gasteiger partial charge on any atom is 0.138 e. The Morgan fingerprint density at radius 2 is 1.50 bits per heavy atom. The predicted octanol–water partition coefficient (Wildman–Crippen LogP) is 3.00. The summed E-state index contributed by atoms with van der Waals surface area (Å²) >= 11 is 0. The van der Waals surface area contributed by atoms with Crippen molar-refractivity contribution in [3.8, 4) is 5.75 Å². The second kappa shape index (κ2) is 4.37. The van der Waals surface area contributed by atoms with Gasteiger partial charge in [-0.2, -0.15) is 0 Å². The van der Waals surface area contributed by atoms with Gasteiger partial charge in [0.15, 0.2) is 0 Å². The number of likely N-dealkylation sites (N-methyl/N-ethyl adjacent to an activating group) is 1. The monoisotopic (exact) mass is 239 g/mol. The third-order valence-corrected chi connectivity index (χ3v) is 3.84. The van der Waals surface area contributed by atoms with Crippen molar-refractivity contribution in [3.63, 3.8) is 0 Å². The molecule has 18 heavy (non-hydrogen) atoms. The SMILES string of the molecule is CN(c1ccccc1O)C1Cc2ccccc2C1. The van der Waals surface area contributed by atoms with E-state index in [-0.39, 0.29) is 0 Å². The first-order valence-corrected chi connectivity index (χ1v) is 6.33. The Hall–Kier alpha value is -1.96. The van der Waals surface area contributed by atoms with E-state index in [1.54, 1.807) is 6.07 Å². The van der Waals surface area contributed by atoms with Crippen molar-refractivity contribution in [2.45, 2.75) is 18.9 Å². The number of phenolic OH excluding ortho intramolecular Hbond substituents is 1. The zero-order valence-electron chi connectivity index (χ0n) is 10.5. The first-order chi connectivity index (χ1) is 8.75. The minimum atomic E-state index is 0.357. The molecule has 1 aliphatic carbocycles. The second-order valence-electron chi connectivity index (χ2n) is 4.93. The van der Waals surface area contributed by atoms with Crippen molar-refractivity contribution in [1.82, 2.24) is 0 Å². The fraction of sp³-hybridized carbons (Fsp3) is 0.250. The highest BCUT2D eigenvalue weighted by atomic mass is 16.3. The van der Waals surface area contributed by atoms with Gasteiger partial charge in [0.05, 0.1) is 5.69 Å². The van der Waals surface area contributed by atoms with Crippen LogP contribution >= 0.6 is 0 Å². The molecular formula is C16H17NO. The summed E-state index contributed by atoms with van der Waals surface area (Å²) in [6, 6.07) is 16.6. The van der Waals surface area contributed by atoms with Gasteiger partial charge in [-0.25, -0.2) is 0 Å². The summed E-state index contributed by atoms with van der Waals surface area (Å²) in [7, 11) is 2.06.